The molecule has 0 saturated carbocycles. The number of ether oxygens (including phenoxy) is 1. The van der Waals surface area contributed by atoms with Crippen LogP contribution in [0.1, 0.15) is 22.3 Å². The molecular weight excluding hydrogens is 535 g/mol. The molecule has 0 spiro atoms. The zero-order chi connectivity index (χ0) is 26.6. The summed E-state index contributed by atoms with van der Waals surface area (Å²) in [6.45, 7) is 4.39. The number of hydrogen-bond donors (Lipinski definition) is 0. The topological polar surface area (TPSA) is 41.9 Å². The van der Waals surface area contributed by atoms with E-state index < -0.39 is 0 Å². The first kappa shape index (κ1) is 26.1. The van der Waals surface area contributed by atoms with Gasteiger partial charge in [-0.25, -0.2) is 4.99 Å². The molecule has 7 heteroatoms. The molecular formula is C31H24Cl2N2O2S. The van der Waals surface area contributed by atoms with E-state index in [1.54, 1.807) is 17.0 Å². The number of carbonyl (C=O) groups excluding carboxylic acids is 1. The first-order chi connectivity index (χ1) is 18.4. The summed E-state index contributed by atoms with van der Waals surface area (Å²) in [6.07, 6.45) is 1.88. The Morgan fingerprint density at radius 2 is 1.61 bits per heavy atom. The lowest BCUT2D eigenvalue weighted by molar-refractivity contribution is -0.113. The van der Waals surface area contributed by atoms with Gasteiger partial charge in [-0.1, -0.05) is 77.8 Å². The third-order valence-electron chi connectivity index (χ3n) is 6.06. The highest BCUT2D eigenvalue weighted by atomic mass is 35.5. The molecule has 1 amide bonds. The van der Waals surface area contributed by atoms with E-state index in [0.29, 0.717) is 32.5 Å². The molecule has 0 aromatic heterocycles. The van der Waals surface area contributed by atoms with Crippen molar-refractivity contribution in [1.29, 1.82) is 0 Å². The van der Waals surface area contributed by atoms with Crippen LogP contribution < -0.4 is 9.64 Å². The molecule has 0 bridgehead atoms. The number of aliphatic imine (C=N–C) groups is 1. The Morgan fingerprint density at radius 3 is 2.29 bits per heavy atom. The maximum absolute atomic E-state index is 13.6. The molecule has 0 unspecified atom stereocenters. The molecule has 5 rings (SSSR count). The largest absolute Gasteiger partial charge is 0.489 e. The second-order valence-corrected chi connectivity index (χ2v) is 10.7. The van der Waals surface area contributed by atoms with Crippen molar-refractivity contribution < 1.29 is 9.53 Å². The van der Waals surface area contributed by atoms with E-state index in [2.05, 4.69) is 0 Å². The van der Waals surface area contributed by atoms with Gasteiger partial charge in [-0.05, 0) is 84.8 Å². The molecule has 4 nitrogen and oxygen atoms in total. The van der Waals surface area contributed by atoms with Crippen LogP contribution in [0.4, 0.5) is 11.4 Å². The van der Waals surface area contributed by atoms with Gasteiger partial charge in [-0.2, -0.15) is 0 Å². The van der Waals surface area contributed by atoms with Crippen molar-refractivity contribution in [3.05, 3.63) is 128 Å². The van der Waals surface area contributed by atoms with Gasteiger partial charge in [0.25, 0.3) is 5.91 Å². The standard InChI is InChI=1S/C31H24Cl2N2O2S/c1-20-7-6-8-21(2)29(20)34-31-35(25-9-4-3-5-10-25)30(36)28(38-31)17-22-11-15-26(16-12-22)37-19-23-13-14-24(32)18-27(23)33/h3-18H,19H2,1-2H3. The number of amides is 1. The summed E-state index contributed by atoms with van der Waals surface area (Å²) in [6, 6.07) is 28.6. The number of hydrogen-bond acceptors (Lipinski definition) is 4. The second-order valence-electron chi connectivity index (χ2n) is 8.81. The van der Waals surface area contributed by atoms with E-state index in [-0.39, 0.29) is 5.91 Å². The molecule has 1 saturated heterocycles. The number of thioether (sulfide) groups is 1. The first-order valence-corrected chi connectivity index (χ1v) is 13.6. The minimum Gasteiger partial charge on any atom is -0.489 e. The fourth-order valence-electron chi connectivity index (χ4n) is 4.04. The van der Waals surface area contributed by atoms with Crippen molar-refractivity contribution in [3.63, 3.8) is 0 Å². The number of aryl methyl sites for hydroxylation is 2. The lowest BCUT2D eigenvalue weighted by Crippen LogP contribution is -2.28. The molecule has 0 N–H and O–H groups in total. The summed E-state index contributed by atoms with van der Waals surface area (Å²) < 4.78 is 5.89. The van der Waals surface area contributed by atoms with Crippen LogP contribution in [0.15, 0.2) is 101 Å². The van der Waals surface area contributed by atoms with Crippen LogP contribution in [-0.4, -0.2) is 11.1 Å². The number of anilines is 1. The molecule has 4 aromatic carbocycles. The van der Waals surface area contributed by atoms with Gasteiger partial charge in [0.15, 0.2) is 5.17 Å². The molecule has 4 aromatic rings. The average molecular weight is 560 g/mol. The van der Waals surface area contributed by atoms with Gasteiger partial charge in [0.1, 0.15) is 12.4 Å². The Kier molecular flexibility index (Phi) is 7.89. The van der Waals surface area contributed by atoms with Gasteiger partial charge in [0, 0.05) is 15.6 Å². The van der Waals surface area contributed by atoms with E-state index in [9.17, 15) is 4.79 Å². The molecule has 1 heterocycles. The Balaban J connectivity index is 1.40. The van der Waals surface area contributed by atoms with Crippen molar-refractivity contribution in [2.24, 2.45) is 4.99 Å². The summed E-state index contributed by atoms with van der Waals surface area (Å²) in [5, 5.41) is 1.78. The van der Waals surface area contributed by atoms with Gasteiger partial charge in [-0.3, -0.25) is 9.69 Å². The predicted molar refractivity (Wildman–Crippen MR) is 160 cm³/mol. The molecule has 0 radical (unpaired) electrons. The smallest absolute Gasteiger partial charge is 0.271 e. The van der Waals surface area contributed by atoms with Crippen molar-refractivity contribution >= 4 is 63.5 Å². The summed E-state index contributed by atoms with van der Waals surface area (Å²) in [5.74, 6) is 0.593. The Hall–Kier alpha value is -3.51. The normalized spacial score (nSPS) is 15.5. The SMILES string of the molecule is Cc1cccc(C)c1N=C1SC(=Cc2ccc(OCc3ccc(Cl)cc3Cl)cc2)C(=O)N1c1ccccc1. The summed E-state index contributed by atoms with van der Waals surface area (Å²) in [5.41, 5.74) is 5.53. The quantitative estimate of drug-likeness (QED) is 0.222. The van der Waals surface area contributed by atoms with Crippen LogP contribution >= 0.6 is 35.0 Å². The zero-order valence-corrected chi connectivity index (χ0v) is 23.1. The van der Waals surface area contributed by atoms with E-state index in [4.69, 9.17) is 32.9 Å². The molecule has 1 fully saturated rings. The number of halogens is 2. The number of rotatable bonds is 6. The van der Waals surface area contributed by atoms with E-state index in [0.717, 1.165) is 33.6 Å². The van der Waals surface area contributed by atoms with E-state index >= 15 is 0 Å². The van der Waals surface area contributed by atoms with Crippen molar-refractivity contribution in [1.82, 2.24) is 0 Å². The average Bonchev–Trinajstić information content (AvgIpc) is 3.21. The summed E-state index contributed by atoms with van der Waals surface area (Å²) in [7, 11) is 0. The minimum atomic E-state index is -0.108. The Labute approximate surface area is 236 Å². The molecule has 0 aliphatic carbocycles. The number of carbonyl (C=O) groups is 1. The Morgan fingerprint density at radius 1 is 0.895 bits per heavy atom. The Bertz CT molecular complexity index is 1530. The van der Waals surface area contributed by atoms with Crippen molar-refractivity contribution in [3.8, 4) is 5.75 Å². The number of nitrogens with zero attached hydrogens (tertiary/aromatic N) is 2. The highest BCUT2D eigenvalue weighted by molar-refractivity contribution is 8.19. The minimum absolute atomic E-state index is 0.108. The van der Waals surface area contributed by atoms with Crippen LogP contribution in [0, 0.1) is 13.8 Å². The van der Waals surface area contributed by atoms with Crippen molar-refractivity contribution in [2.75, 3.05) is 4.90 Å². The van der Waals surface area contributed by atoms with Gasteiger partial charge >= 0.3 is 0 Å². The van der Waals surface area contributed by atoms with Gasteiger partial charge in [-0.15, -0.1) is 0 Å². The number of para-hydroxylation sites is 2. The van der Waals surface area contributed by atoms with Crippen LogP contribution in [0.5, 0.6) is 5.75 Å². The second kappa shape index (κ2) is 11.5. The molecule has 0 atom stereocenters. The predicted octanol–water partition coefficient (Wildman–Crippen LogP) is 9.00. The third-order valence-corrected chi connectivity index (χ3v) is 7.61. The maximum Gasteiger partial charge on any atom is 0.271 e. The fourth-order valence-corrected chi connectivity index (χ4v) is 5.49. The highest BCUT2D eigenvalue weighted by Gasteiger charge is 2.34. The van der Waals surface area contributed by atoms with Gasteiger partial charge < -0.3 is 4.74 Å². The first-order valence-electron chi connectivity index (χ1n) is 12.0. The third kappa shape index (κ3) is 5.81. The molecule has 190 valence electrons. The van der Waals surface area contributed by atoms with Crippen LogP contribution in [0.2, 0.25) is 10.0 Å². The van der Waals surface area contributed by atoms with Crippen LogP contribution in [0.25, 0.3) is 6.08 Å². The highest BCUT2D eigenvalue weighted by Crippen LogP contribution is 2.38. The lowest BCUT2D eigenvalue weighted by Gasteiger charge is -2.16. The van der Waals surface area contributed by atoms with Crippen LogP contribution in [-0.2, 0) is 11.4 Å². The molecule has 1 aliphatic rings. The van der Waals surface area contributed by atoms with Crippen LogP contribution in [0.3, 0.4) is 0 Å². The fraction of sp³-hybridized carbons (Fsp3) is 0.0968. The zero-order valence-electron chi connectivity index (χ0n) is 20.8. The summed E-state index contributed by atoms with van der Waals surface area (Å²) in [4.78, 5) is 20.8. The van der Waals surface area contributed by atoms with Gasteiger partial charge in [0.2, 0.25) is 0 Å². The number of amidine groups is 1. The van der Waals surface area contributed by atoms with Gasteiger partial charge in [0.05, 0.1) is 16.3 Å². The monoisotopic (exact) mass is 558 g/mol. The summed E-state index contributed by atoms with van der Waals surface area (Å²) >= 11 is 13.6. The van der Waals surface area contributed by atoms with Crippen molar-refractivity contribution in [2.45, 2.75) is 20.5 Å². The van der Waals surface area contributed by atoms with E-state index in [1.165, 1.54) is 11.8 Å². The van der Waals surface area contributed by atoms with E-state index in [1.807, 2.05) is 98.8 Å². The molecule has 1 aliphatic heterocycles. The molecule has 38 heavy (non-hydrogen) atoms. The lowest BCUT2D eigenvalue weighted by atomic mass is 10.1. The number of benzene rings is 4. The maximum atomic E-state index is 13.6.